The van der Waals surface area contributed by atoms with Crippen LogP contribution in [0.15, 0.2) is 12.2 Å². The Labute approximate surface area is 168 Å². The maximum Gasteiger partial charge on any atom is 0.223 e. The number of hydrogen-bond donors (Lipinski definition) is 2. The molecule has 0 bridgehead atoms. The second kappa shape index (κ2) is 12.3. The van der Waals surface area contributed by atoms with E-state index in [4.69, 9.17) is 0 Å². The number of carbonyl (C=O) groups is 1. The number of aliphatic hydroxyl groups excluding tert-OH is 1. The molecule has 0 radical (unpaired) electrons. The van der Waals surface area contributed by atoms with Gasteiger partial charge in [0.25, 0.3) is 0 Å². The Morgan fingerprint density at radius 2 is 2.14 bits per heavy atom. The molecule has 1 aliphatic rings. The van der Waals surface area contributed by atoms with E-state index in [1.54, 1.807) is 0 Å². The number of amides is 1. The number of aromatic nitrogens is 4. The van der Waals surface area contributed by atoms with Crippen LogP contribution in [0.2, 0.25) is 0 Å². The smallest absolute Gasteiger partial charge is 0.223 e. The van der Waals surface area contributed by atoms with Crippen LogP contribution in [-0.2, 0) is 11.2 Å². The van der Waals surface area contributed by atoms with E-state index in [1.165, 1.54) is 0 Å². The Morgan fingerprint density at radius 1 is 1.32 bits per heavy atom. The molecular weight excluding hydrogens is 354 g/mol. The minimum absolute atomic E-state index is 0.0973. The summed E-state index contributed by atoms with van der Waals surface area (Å²) in [6.45, 7) is 4.81. The van der Waals surface area contributed by atoms with Gasteiger partial charge in [-0.05, 0) is 25.2 Å². The van der Waals surface area contributed by atoms with Gasteiger partial charge in [-0.3, -0.25) is 4.79 Å². The van der Waals surface area contributed by atoms with Gasteiger partial charge in [-0.25, -0.2) is 0 Å². The van der Waals surface area contributed by atoms with E-state index in [1.807, 2.05) is 30.9 Å². The number of tetrazole rings is 1. The van der Waals surface area contributed by atoms with Crippen molar-refractivity contribution in [3.8, 4) is 11.8 Å². The average molecular weight is 388 g/mol. The van der Waals surface area contributed by atoms with Gasteiger partial charge in [0, 0.05) is 32.2 Å². The summed E-state index contributed by atoms with van der Waals surface area (Å²) in [4.78, 5) is 14.2. The van der Waals surface area contributed by atoms with Crippen LogP contribution in [0.4, 0.5) is 0 Å². The summed E-state index contributed by atoms with van der Waals surface area (Å²) in [7, 11) is 0. The highest BCUT2D eigenvalue weighted by atomic mass is 16.3. The van der Waals surface area contributed by atoms with E-state index in [9.17, 15) is 9.90 Å². The van der Waals surface area contributed by atoms with Crippen LogP contribution < -0.4 is 0 Å². The van der Waals surface area contributed by atoms with Crippen LogP contribution in [0, 0.1) is 17.8 Å². The van der Waals surface area contributed by atoms with E-state index in [0.717, 1.165) is 57.3 Å². The number of nitrogens with one attached hydrogen (secondary N) is 1. The van der Waals surface area contributed by atoms with Gasteiger partial charge < -0.3 is 10.0 Å². The maximum absolute atomic E-state index is 12.2. The fourth-order valence-electron chi connectivity index (χ4n) is 3.36. The summed E-state index contributed by atoms with van der Waals surface area (Å²) in [5.74, 6) is 7.21. The highest BCUT2D eigenvalue weighted by Gasteiger charge is 2.28. The first kappa shape index (κ1) is 22.1. The normalized spacial score (nSPS) is 19.0. The van der Waals surface area contributed by atoms with E-state index in [-0.39, 0.29) is 17.9 Å². The molecule has 28 heavy (non-hydrogen) atoms. The number of hydrogen-bond acceptors (Lipinski definition) is 5. The lowest BCUT2D eigenvalue weighted by molar-refractivity contribution is -0.128. The predicted octanol–water partition coefficient (Wildman–Crippen LogP) is 2.65. The fraction of sp³-hybridized carbons (Fsp3) is 0.714. The summed E-state index contributed by atoms with van der Waals surface area (Å²) in [6.07, 6.45) is 11.3. The Hall–Kier alpha value is -2.20. The molecule has 1 aromatic heterocycles. The van der Waals surface area contributed by atoms with Crippen LogP contribution in [-0.4, -0.2) is 55.2 Å². The zero-order valence-corrected chi connectivity index (χ0v) is 17.1. The zero-order valence-electron chi connectivity index (χ0n) is 17.1. The van der Waals surface area contributed by atoms with Crippen molar-refractivity contribution >= 4 is 5.91 Å². The molecule has 0 aromatic carbocycles. The first-order valence-corrected chi connectivity index (χ1v) is 10.5. The minimum atomic E-state index is -0.520. The number of carbonyl (C=O) groups excluding carboxylic acids is 1. The third-order valence-electron chi connectivity index (χ3n) is 5.15. The van der Waals surface area contributed by atoms with Crippen LogP contribution in [0.25, 0.3) is 0 Å². The molecule has 0 saturated carbocycles. The number of aromatic amines is 1. The lowest BCUT2D eigenvalue weighted by atomic mass is 10.00. The average Bonchev–Trinajstić information content (AvgIpc) is 3.33. The number of aryl methyl sites for hydroxylation is 1. The molecular formula is C21H33N5O2. The number of H-pyrrole nitrogens is 1. The molecule has 2 rings (SSSR count). The third kappa shape index (κ3) is 7.43. The Morgan fingerprint density at radius 3 is 2.89 bits per heavy atom. The first-order chi connectivity index (χ1) is 13.6. The lowest BCUT2D eigenvalue weighted by Crippen LogP contribution is -2.33. The summed E-state index contributed by atoms with van der Waals surface area (Å²) < 4.78 is 0. The quantitative estimate of drug-likeness (QED) is 0.346. The molecule has 1 aromatic rings. The molecule has 0 aliphatic carbocycles. The Balaban J connectivity index is 1.69. The molecule has 2 N–H and O–H groups in total. The van der Waals surface area contributed by atoms with Crippen LogP contribution in [0.3, 0.4) is 0 Å². The second-order valence-electron chi connectivity index (χ2n) is 7.45. The van der Waals surface area contributed by atoms with Crippen LogP contribution in [0.5, 0.6) is 0 Å². The summed E-state index contributed by atoms with van der Waals surface area (Å²) in [6, 6.07) is 0.107. The van der Waals surface area contributed by atoms with Crippen molar-refractivity contribution in [1.29, 1.82) is 0 Å². The molecule has 1 amide bonds. The monoisotopic (exact) mass is 387 g/mol. The van der Waals surface area contributed by atoms with Gasteiger partial charge >= 0.3 is 0 Å². The zero-order chi connectivity index (χ0) is 20.2. The largest absolute Gasteiger partial charge is 0.389 e. The molecule has 3 atom stereocenters. The highest BCUT2D eigenvalue weighted by molar-refractivity contribution is 5.79. The molecule has 1 fully saturated rings. The number of likely N-dealkylation sites (tertiary alicyclic amines) is 1. The van der Waals surface area contributed by atoms with E-state index in [0.29, 0.717) is 12.8 Å². The Kier molecular flexibility index (Phi) is 9.70. The van der Waals surface area contributed by atoms with Crippen molar-refractivity contribution in [3.63, 3.8) is 0 Å². The summed E-state index contributed by atoms with van der Waals surface area (Å²) in [5, 5.41) is 24.2. The van der Waals surface area contributed by atoms with Crippen molar-refractivity contribution < 1.29 is 9.90 Å². The standard InChI is InChI=1S/C21H33N5O2/c1-3-4-7-10-17(2)19(27)14-12-18-13-15-21(28)26(18)16-9-6-5-8-11-20-22-24-25-23-20/h12,14,17-19,27H,3,5-6,8-11,13,15-16H2,1-2H3,(H,22,23,24,25)/t17-,18?,19+/m0/s1. The molecule has 2 heterocycles. The van der Waals surface area contributed by atoms with Crippen molar-refractivity contribution in [2.24, 2.45) is 5.92 Å². The molecule has 154 valence electrons. The topological polar surface area (TPSA) is 95.0 Å². The highest BCUT2D eigenvalue weighted by Crippen LogP contribution is 2.21. The number of unbranched alkanes of at least 4 members (excludes halogenated alkanes) is 3. The van der Waals surface area contributed by atoms with Gasteiger partial charge in [0.1, 0.15) is 0 Å². The summed E-state index contributed by atoms with van der Waals surface area (Å²) >= 11 is 0. The van der Waals surface area contributed by atoms with Crippen molar-refractivity contribution in [2.45, 2.75) is 83.8 Å². The number of nitrogens with zero attached hydrogens (tertiary/aromatic N) is 4. The van der Waals surface area contributed by atoms with E-state index >= 15 is 0 Å². The van der Waals surface area contributed by atoms with Gasteiger partial charge in [0.05, 0.1) is 12.1 Å². The van der Waals surface area contributed by atoms with Gasteiger partial charge in [0.2, 0.25) is 5.91 Å². The van der Waals surface area contributed by atoms with Crippen molar-refractivity contribution in [3.05, 3.63) is 18.0 Å². The fourth-order valence-corrected chi connectivity index (χ4v) is 3.36. The maximum atomic E-state index is 12.2. The minimum Gasteiger partial charge on any atom is -0.389 e. The molecule has 7 nitrogen and oxygen atoms in total. The molecule has 1 aliphatic heterocycles. The van der Waals surface area contributed by atoms with Crippen molar-refractivity contribution in [1.82, 2.24) is 25.5 Å². The van der Waals surface area contributed by atoms with Gasteiger partial charge in [-0.1, -0.05) is 44.1 Å². The first-order valence-electron chi connectivity index (χ1n) is 10.5. The van der Waals surface area contributed by atoms with Gasteiger partial charge in [-0.2, -0.15) is 5.21 Å². The number of aliphatic hydroxyl groups is 1. The third-order valence-corrected chi connectivity index (χ3v) is 5.15. The predicted molar refractivity (Wildman–Crippen MR) is 108 cm³/mol. The molecule has 1 saturated heterocycles. The number of rotatable bonds is 11. The van der Waals surface area contributed by atoms with E-state index < -0.39 is 6.10 Å². The Bertz CT molecular complexity index is 662. The lowest BCUT2D eigenvalue weighted by Gasteiger charge is -2.23. The molecule has 1 unspecified atom stereocenters. The van der Waals surface area contributed by atoms with Gasteiger partial charge in [0.15, 0.2) is 5.82 Å². The summed E-state index contributed by atoms with van der Waals surface area (Å²) in [5.41, 5.74) is 0. The van der Waals surface area contributed by atoms with E-state index in [2.05, 4.69) is 32.5 Å². The van der Waals surface area contributed by atoms with Crippen LogP contribution >= 0.6 is 0 Å². The van der Waals surface area contributed by atoms with Gasteiger partial charge in [-0.15, -0.1) is 22.0 Å². The molecule has 7 heteroatoms. The van der Waals surface area contributed by atoms with Crippen LogP contribution in [0.1, 0.15) is 71.0 Å². The molecule has 0 spiro atoms. The SMILES string of the molecule is CCC#CC[C@H](C)[C@H](O)C=CC1CCC(=O)N1CCCCCCc1nn[nH]n1. The second-order valence-corrected chi connectivity index (χ2v) is 7.45. The van der Waals surface area contributed by atoms with Crippen molar-refractivity contribution in [2.75, 3.05) is 6.54 Å².